The summed E-state index contributed by atoms with van der Waals surface area (Å²) in [5.41, 5.74) is -0.953. The number of nitrogens with zero attached hydrogens (tertiary/aromatic N) is 5. The van der Waals surface area contributed by atoms with E-state index in [9.17, 15) is 14.0 Å². The summed E-state index contributed by atoms with van der Waals surface area (Å²) in [6.07, 6.45) is 2.63. The summed E-state index contributed by atoms with van der Waals surface area (Å²) in [6, 6.07) is 3.73. The number of ether oxygens (including phenoxy) is 2. The summed E-state index contributed by atoms with van der Waals surface area (Å²) in [7, 11) is 0. The van der Waals surface area contributed by atoms with E-state index < -0.39 is 47.4 Å². The van der Waals surface area contributed by atoms with Crippen LogP contribution in [-0.2, 0) is 4.79 Å². The molecule has 1 aliphatic rings. The first kappa shape index (κ1) is 27.7. The Bertz CT molecular complexity index is 2050. The molecule has 46 heavy (non-hydrogen) atoms. The number of rotatable bonds is 9. The molecule has 5 rings (SSSR count). The first-order valence-electron chi connectivity index (χ1n) is 16.5. The van der Waals surface area contributed by atoms with E-state index in [1.807, 2.05) is 32.6 Å². The number of fused-ring (bicyclic) bond motifs is 1. The van der Waals surface area contributed by atoms with Gasteiger partial charge in [0, 0.05) is 42.6 Å². The lowest BCUT2D eigenvalue weighted by atomic mass is 10.0. The van der Waals surface area contributed by atoms with Crippen LogP contribution in [0.15, 0.2) is 47.9 Å². The quantitative estimate of drug-likeness (QED) is 0.225. The Hall–Kier alpha value is -4.58. The molecule has 3 aromatic heterocycles. The normalized spacial score (nSPS) is 18.5. The molecule has 0 aliphatic carbocycles. The molecule has 0 saturated carbocycles. The summed E-state index contributed by atoms with van der Waals surface area (Å²) in [4.78, 5) is 43.9. The van der Waals surface area contributed by atoms with Gasteiger partial charge in [0.05, 0.1) is 27.1 Å². The van der Waals surface area contributed by atoms with Crippen LogP contribution in [0.3, 0.4) is 0 Å². The molecule has 1 fully saturated rings. The lowest BCUT2D eigenvalue weighted by Gasteiger charge is -2.44. The largest absolute Gasteiger partial charge is 0.490 e. The Morgan fingerprint density at radius 1 is 1.17 bits per heavy atom. The molecule has 1 aliphatic heterocycles. The number of carbonyl (C=O) groups excluding carboxylic acids is 1. The highest BCUT2D eigenvalue weighted by Gasteiger charge is 2.33. The molecule has 1 saturated heterocycles. The molecule has 4 heterocycles. The van der Waals surface area contributed by atoms with E-state index in [4.69, 9.17) is 26.6 Å². The number of pyridine rings is 2. The van der Waals surface area contributed by atoms with Gasteiger partial charge in [-0.3, -0.25) is 14.8 Å². The highest BCUT2D eigenvalue weighted by Crippen LogP contribution is 2.39. The molecule has 0 bridgehead atoms. The number of aromatic nitrogens is 4. The molecule has 1 aromatic carbocycles. The molecule has 1 amide bonds. The first-order valence-corrected chi connectivity index (χ1v) is 14.9. The average Bonchev–Trinajstić information content (AvgIpc) is 3.04. The molecule has 2 atom stereocenters. The van der Waals surface area contributed by atoms with Gasteiger partial charge in [0.25, 0.3) is 0 Å². The molecule has 1 N–H and O–H groups in total. The van der Waals surface area contributed by atoms with E-state index in [1.165, 1.54) is 24.4 Å². The van der Waals surface area contributed by atoms with Crippen LogP contribution >= 0.6 is 11.6 Å². The third-order valence-corrected chi connectivity index (χ3v) is 8.05. The minimum Gasteiger partial charge on any atom is -0.490 e. The van der Waals surface area contributed by atoms with Gasteiger partial charge in [-0.15, -0.1) is 0 Å². The number of carbonyl (C=O) groups is 1. The third kappa shape index (κ3) is 6.39. The number of benzene rings is 1. The Labute approximate surface area is 275 Å². The summed E-state index contributed by atoms with van der Waals surface area (Å²) in [5.74, 6) is -3.58. The molecule has 10 nitrogen and oxygen atoms in total. The minimum atomic E-state index is -3.30. The number of anilines is 1. The molecular formula is C33H35ClF2N6O4. The highest BCUT2D eigenvalue weighted by molar-refractivity contribution is 6.34. The number of piperazine rings is 1. The number of amides is 1. The zero-order valence-electron chi connectivity index (χ0n) is 29.8. The monoisotopic (exact) mass is 656 g/mol. The smallest absolute Gasteiger partial charge is 0.348 e. The Kier molecular flexibility index (Phi) is 8.08. The minimum absolute atomic E-state index is 0.0109. The highest BCUT2D eigenvalue weighted by atomic mass is 35.5. The maximum atomic E-state index is 15.7. The van der Waals surface area contributed by atoms with E-state index in [2.05, 4.69) is 26.5 Å². The van der Waals surface area contributed by atoms with Crippen molar-refractivity contribution in [1.29, 1.82) is 0 Å². The second-order valence-electron chi connectivity index (χ2n) is 11.2. The van der Waals surface area contributed by atoms with Crippen LogP contribution in [0, 0.1) is 18.6 Å². The van der Waals surface area contributed by atoms with E-state index in [-0.39, 0.29) is 51.5 Å². The summed E-state index contributed by atoms with van der Waals surface area (Å²) >= 11 is 6.65. The van der Waals surface area contributed by atoms with E-state index in [1.54, 1.807) is 11.8 Å². The average molecular weight is 657 g/mol. The number of hydrogen-bond acceptors (Lipinski definition) is 8. The van der Waals surface area contributed by atoms with Gasteiger partial charge >= 0.3 is 5.69 Å². The molecular weight excluding hydrogens is 618 g/mol. The predicted molar refractivity (Wildman–Crippen MR) is 173 cm³/mol. The van der Waals surface area contributed by atoms with Crippen LogP contribution in [0.2, 0.25) is 5.02 Å². The lowest BCUT2D eigenvalue weighted by Crippen LogP contribution is -2.58. The van der Waals surface area contributed by atoms with Crippen molar-refractivity contribution in [2.45, 2.75) is 52.6 Å². The second-order valence-corrected chi connectivity index (χ2v) is 11.6. The fourth-order valence-electron chi connectivity index (χ4n) is 5.50. The molecule has 242 valence electrons. The van der Waals surface area contributed by atoms with Crippen LogP contribution in [0.5, 0.6) is 11.5 Å². The second kappa shape index (κ2) is 13.4. The SMILES string of the molecule is [2H]C([2H])(Oc1ccnc(C(C)C)c1C)C([2H])([2H])Oc1ccc(F)c(F)c1-c1nc2[nH]c(=O)nc(N3C[C@@H](C)N(C(=O)C=C)C[C@@H]3C)c2cc1Cl. The third-order valence-electron chi connectivity index (χ3n) is 7.76. The van der Waals surface area contributed by atoms with Crippen molar-refractivity contribution in [1.82, 2.24) is 24.8 Å². The van der Waals surface area contributed by atoms with Crippen molar-refractivity contribution in [3.63, 3.8) is 0 Å². The van der Waals surface area contributed by atoms with Crippen molar-refractivity contribution in [2.75, 3.05) is 31.1 Å². The summed E-state index contributed by atoms with van der Waals surface area (Å²) in [6.45, 7) is 6.78. The van der Waals surface area contributed by atoms with Crippen molar-refractivity contribution in [3.8, 4) is 22.8 Å². The van der Waals surface area contributed by atoms with E-state index in [0.29, 0.717) is 30.4 Å². The fourth-order valence-corrected chi connectivity index (χ4v) is 5.74. The zero-order valence-corrected chi connectivity index (χ0v) is 26.6. The Morgan fingerprint density at radius 3 is 2.59 bits per heavy atom. The van der Waals surface area contributed by atoms with Crippen LogP contribution < -0.4 is 20.1 Å². The standard InChI is InChI=1S/C33H35ClF2N6O4/c1-7-26(43)41-15-19(5)42(16-18(41)4)32-21-14-22(34)30(38-31(21)39-33(44)40-32)27-25(9-8-23(35)28(27)36)46-13-12-45-24-10-11-37-29(17(2)3)20(24)6/h7-11,14,17-19H,1,12-13,15-16H2,2-6H3,(H,38,39,40,44)/t18-,19+/m1/s1/i12D2,13D2. The maximum Gasteiger partial charge on any atom is 0.348 e. The maximum absolute atomic E-state index is 15.7. The van der Waals surface area contributed by atoms with Gasteiger partial charge in [-0.1, -0.05) is 32.0 Å². The number of nitrogens with one attached hydrogen (secondary N) is 1. The Balaban J connectivity index is 1.56. The van der Waals surface area contributed by atoms with Gasteiger partial charge in [0.2, 0.25) is 5.91 Å². The number of hydrogen-bond donors (Lipinski definition) is 1. The van der Waals surface area contributed by atoms with Gasteiger partial charge in [-0.05, 0) is 57.0 Å². The van der Waals surface area contributed by atoms with E-state index >= 15 is 4.39 Å². The van der Waals surface area contributed by atoms with E-state index in [0.717, 1.165) is 6.07 Å². The Morgan fingerprint density at radius 2 is 1.89 bits per heavy atom. The van der Waals surface area contributed by atoms with Crippen LogP contribution in [0.25, 0.3) is 22.3 Å². The number of H-pyrrole nitrogens is 1. The number of aromatic amines is 1. The molecule has 0 radical (unpaired) electrons. The predicted octanol–water partition coefficient (Wildman–Crippen LogP) is 5.81. The number of halogens is 3. The fraction of sp³-hybridized carbons (Fsp3) is 0.364. The first-order chi connectivity index (χ1) is 23.4. The van der Waals surface area contributed by atoms with Crippen LogP contribution in [0.4, 0.5) is 14.6 Å². The summed E-state index contributed by atoms with van der Waals surface area (Å²) < 4.78 is 75.3. The van der Waals surface area contributed by atoms with Gasteiger partial charge < -0.3 is 19.3 Å². The molecule has 0 spiro atoms. The molecule has 13 heteroatoms. The van der Waals surface area contributed by atoms with Crippen LogP contribution in [0.1, 0.15) is 50.4 Å². The van der Waals surface area contributed by atoms with Crippen molar-refractivity contribution in [2.24, 2.45) is 0 Å². The van der Waals surface area contributed by atoms with Gasteiger partial charge in [-0.2, -0.15) is 4.98 Å². The van der Waals surface area contributed by atoms with Crippen molar-refractivity contribution < 1.29 is 28.5 Å². The van der Waals surface area contributed by atoms with Crippen molar-refractivity contribution >= 4 is 34.4 Å². The lowest BCUT2D eigenvalue weighted by molar-refractivity contribution is -0.128. The summed E-state index contributed by atoms with van der Waals surface area (Å²) in [5, 5.41) is 0.0188. The van der Waals surface area contributed by atoms with Gasteiger partial charge in [0.15, 0.2) is 11.6 Å². The van der Waals surface area contributed by atoms with Gasteiger partial charge in [-0.25, -0.2) is 18.6 Å². The van der Waals surface area contributed by atoms with Gasteiger partial charge in [0.1, 0.15) is 36.1 Å². The zero-order chi connectivity index (χ0) is 36.9. The van der Waals surface area contributed by atoms with Crippen LogP contribution in [-0.4, -0.2) is 69.0 Å². The molecule has 4 aromatic rings. The topological polar surface area (TPSA) is 114 Å². The van der Waals surface area contributed by atoms with Crippen molar-refractivity contribution in [3.05, 3.63) is 81.5 Å². The molecule has 0 unspecified atom stereocenters.